The molecule has 0 unspecified atom stereocenters. The molecule has 0 amide bonds. The summed E-state index contributed by atoms with van der Waals surface area (Å²) >= 11 is 6.14. The smallest absolute Gasteiger partial charge is 0.486 e. The van der Waals surface area contributed by atoms with Crippen molar-refractivity contribution in [3.63, 3.8) is 0 Å². The Morgan fingerprint density at radius 2 is 1.83 bits per heavy atom. The highest BCUT2D eigenvalue weighted by Crippen LogP contribution is 2.30. The van der Waals surface area contributed by atoms with Gasteiger partial charge in [-0.05, 0) is 42.5 Å². The first kappa shape index (κ1) is 21.7. The van der Waals surface area contributed by atoms with Gasteiger partial charge in [0.2, 0.25) is 0 Å². The van der Waals surface area contributed by atoms with Crippen molar-refractivity contribution in [1.29, 1.82) is 0 Å². The predicted molar refractivity (Wildman–Crippen MR) is 104 cm³/mol. The lowest BCUT2D eigenvalue weighted by Gasteiger charge is -2.13. The Bertz CT molecular complexity index is 1130. The van der Waals surface area contributed by atoms with Crippen molar-refractivity contribution >= 4 is 27.3 Å². The fraction of sp³-hybridized carbons (Fsp3) is 0.105. The van der Waals surface area contributed by atoms with Crippen LogP contribution in [0.25, 0.3) is 0 Å². The number of rotatable bonds is 7. The maximum Gasteiger partial charge on any atom is 0.573 e. The SMILES string of the molecule is O=S(=O)(Nc1ccc(OCc2ccccn2)c(Cl)c1)c1cccc(OC(F)(F)F)c1. The molecule has 0 saturated heterocycles. The standard InChI is InChI=1S/C19H14ClF3N2O4S/c20-17-10-13(7-8-18(17)28-12-14-4-1-2-9-24-14)25-30(26,27)16-6-3-5-15(11-16)29-19(21,22)23/h1-11,25H,12H2. The Kier molecular flexibility index (Phi) is 6.37. The Morgan fingerprint density at radius 1 is 1.03 bits per heavy atom. The van der Waals surface area contributed by atoms with Gasteiger partial charge in [0.25, 0.3) is 10.0 Å². The van der Waals surface area contributed by atoms with E-state index < -0.39 is 27.0 Å². The Morgan fingerprint density at radius 3 is 2.50 bits per heavy atom. The van der Waals surface area contributed by atoms with Crippen molar-refractivity contribution in [2.45, 2.75) is 17.9 Å². The molecule has 0 radical (unpaired) electrons. The van der Waals surface area contributed by atoms with Crippen molar-refractivity contribution < 1.29 is 31.1 Å². The second-order valence-corrected chi connectivity index (χ2v) is 7.97. The van der Waals surface area contributed by atoms with Crippen molar-refractivity contribution in [3.8, 4) is 11.5 Å². The number of halogens is 4. The Balaban J connectivity index is 1.72. The van der Waals surface area contributed by atoms with Crippen molar-refractivity contribution in [2.24, 2.45) is 0 Å². The monoisotopic (exact) mass is 458 g/mol. The van der Waals surface area contributed by atoms with E-state index in [0.717, 1.165) is 24.3 Å². The summed E-state index contributed by atoms with van der Waals surface area (Å²) < 4.78 is 73.6. The van der Waals surface area contributed by atoms with E-state index in [1.165, 1.54) is 18.2 Å². The third kappa shape index (κ3) is 6.01. The molecule has 0 aliphatic heterocycles. The first-order valence-electron chi connectivity index (χ1n) is 8.33. The quantitative estimate of drug-likeness (QED) is 0.538. The summed E-state index contributed by atoms with van der Waals surface area (Å²) in [5, 5.41) is 0.139. The molecule has 158 valence electrons. The molecule has 2 aromatic carbocycles. The van der Waals surface area contributed by atoms with Gasteiger partial charge in [-0.2, -0.15) is 0 Å². The van der Waals surface area contributed by atoms with Gasteiger partial charge in [0, 0.05) is 12.3 Å². The molecule has 30 heavy (non-hydrogen) atoms. The van der Waals surface area contributed by atoms with E-state index in [4.69, 9.17) is 16.3 Å². The van der Waals surface area contributed by atoms with E-state index in [0.29, 0.717) is 11.4 Å². The van der Waals surface area contributed by atoms with Crippen LogP contribution in [0.2, 0.25) is 5.02 Å². The molecule has 3 rings (SSSR count). The number of hydrogen-bond acceptors (Lipinski definition) is 5. The second kappa shape index (κ2) is 8.80. The minimum atomic E-state index is -4.94. The number of ether oxygens (including phenoxy) is 2. The van der Waals surface area contributed by atoms with Crippen LogP contribution in [-0.4, -0.2) is 19.8 Å². The molecule has 0 atom stereocenters. The zero-order valence-corrected chi connectivity index (χ0v) is 16.6. The van der Waals surface area contributed by atoms with E-state index in [9.17, 15) is 21.6 Å². The number of benzene rings is 2. The summed E-state index contributed by atoms with van der Waals surface area (Å²) in [5.74, 6) is -0.340. The number of anilines is 1. The molecule has 1 aromatic heterocycles. The minimum Gasteiger partial charge on any atom is -0.486 e. The highest BCUT2D eigenvalue weighted by atomic mass is 35.5. The van der Waals surface area contributed by atoms with Crippen LogP contribution in [0.1, 0.15) is 5.69 Å². The number of pyridine rings is 1. The van der Waals surface area contributed by atoms with Crippen LogP contribution in [0.3, 0.4) is 0 Å². The third-order valence-corrected chi connectivity index (χ3v) is 5.31. The summed E-state index contributed by atoms with van der Waals surface area (Å²) in [6, 6.07) is 13.6. The predicted octanol–water partition coefficient (Wildman–Crippen LogP) is 5.01. The van der Waals surface area contributed by atoms with Gasteiger partial charge in [0.05, 0.1) is 21.3 Å². The Labute approximate surface area is 175 Å². The van der Waals surface area contributed by atoms with Crippen LogP contribution < -0.4 is 14.2 Å². The number of alkyl halides is 3. The van der Waals surface area contributed by atoms with Gasteiger partial charge < -0.3 is 9.47 Å². The maximum absolute atomic E-state index is 12.5. The summed E-state index contributed by atoms with van der Waals surface area (Å²) in [6.45, 7) is 0.164. The summed E-state index contributed by atoms with van der Waals surface area (Å²) in [7, 11) is -4.18. The molecule has 0 aliphatic carbocycles. The van der Waals surface area contributed by atoms with Crippen LogP contribution in [0, 0.1) is 0 Å². The molecular weight excluding hydrogens is 445 g/mol. The zero-order chi connectivity index (χ0) is 21.8. The van der Waals surface area contributed by atoms with Gasteiger partial charge in [-0.1, -0.05) is 23.7 Å². The van der Waals surface area contributed by atoms with Gasteiger partial charge in [-0.3, -0.25) is 9.71 Å². The van der Waals surface area contributed by atoms with Gasteiger partial charge in [-0.25, -0.2) is 8.42 Å². The molecule has 1 N–H and O–H groups in total. The fourth-order valence-corrected chi connectivity index (χ4v) is 3.69. The normalized spacial score (nSPS) is 11.7. The van der Waals surface area contributed by atoms with Crippen LogP contribution in [-0.2, 0) is 16.6 Å². The zero-order valence-electron chi connectivity index (χ0n) is 15.1. The first-order chi connectivity index (χ1) is 14.1. The van der Waals surface area contributed by atoms with Gasteiger partial charge in [-0.15, -0.1) is 13.2 Å². The minimum absolute atomic E-state index is 0.104. The van der Waals surface area contributed by atoms with Gasteiger partial charge in [0.15, 0.2) is 0 Å². The van der Waals surface area contributed by atoms with E-state index in [2.05, 4.69) is 14.4 Å². The van der Waals surface area contributed by atoms with Crippen LogP contribution in [0.15, 0.2) is 71.8 Å². The van der Waals surface area contributed by atoms with E-state index in [-0.39, 0.29) is 17.3 Å². The molecule has 11 heteroatoms. The molecular formula is C19H14ClF3N2O4S. The molecule has 0 spiro atoms. The largest absolute Gasteiger partial charge is 0.573 e. The summed E-state index contributed by atoms with van der Waals surface area (Å²) in [4.78, 5) is 3.71. The van der Waals surface area contributed by atoms with Gasteiger partial charge in [0.1, 0.15) is 18.1 Å². The number of nitrogens with zero attached hydrogens (tertiary/aromatic N) is 1. The average Bonchev–Trinajstić information content (AvgIpc) is 2.67. The van der Waals surface area contributed by atoms with Crippen molar-refractivity contribution in [1.82, 2.24) is 4.98 Å². The van der Waals surface area contributed by atoms with Crippen molar-refractivity contribution in [2.75, 3.05) is 4.72 Å². The molecule has 0 aliphatic rings. The molecule has 0 saturated carbocycles. The van der Waals surface area contributed by atoms with E-state index in [1.807, 2.05) is 0 Å². The lowest BCUT2D eigenvalue weighted by atomic mass is 10.3. The molecule has 1 heterocycles. The lowest BCUT2D eigenvalue weighted by molar-refractivity contribution is -0.274. The van der Waals surface area contributed by atoms with Crippen LogP contribution >= 0.6 is 11.6 Å². The average molecular weight is 459 g/mol. The van der Waals surface area contributed by atoms with Crippen LogP contribution in [0.5, 0.6) is 11.5 Å². The third-order valence-electron chi connectivity index (χ3n) is 3.64. The maximum atomic E-state index is 12.5. The highest BCUT2D eigenvalue weighted by molar-refractivity contribution is 7.92. The van der Waals surface area contributed by atoms with Gasteiger partial charge >= 0.3 is 6.36 Å². The summed E-state index contributed by atoms with van der Waals surface area (Å²) in [6.07, 6.45) is -3.32. The lowest BCUT2D eigenvalue weighted by Crippen LogP contribution is -2.18. The molecule has 0 bridgehead atoms. The first-order valence-corrected chi connectivity index (χ1v) is 10.2. The molecule has 0 fully saturated rings. The molecule has 6 nitrogen and oxygen atoms in total. The number of sulfonamides is 1. The molecule has 3 aromatic rings. The highest BCUT2D eigenvalue weighted by Gasteiger charge is 2.31. The number of hydrogen-bond donors (Lipinski definition) is 1. The fourth-order valence-electron chi connectivity index (χ4n) is 2.37. The topological polar surface area (TPSA) is 77.5 Å². The number of aromatic nitrogens is 1. The number of nitrogens with one attached hydrogen (secondary N) is 1. The summed E-state index contributed by atoms with van der Waals surface area (Å²) in [5.41, 5.74) is 0.784. The van der Waals surface area contributed by atoms with E-state index >= 15 is 0 Å². The second-order valence-electron chi connectivity index (χ2n) is 5.88. The van der Waals surface area contributed by atoms with E-state index in [1.54, 1.807) is 24.4 Å². The van der Waals surface area contributed by atoms with Crippen LogP contribution in [0.4, 0.5) is 18.9 Å². The van der Waals surface area contributed by atoms with Crippen molar-refractivity contribution in [3.05, 3.63) is 77.6 Å². The Hall–Kier alpha value is -2.98.